The minimum Gasteiger partial charge on any atom is -0.449 e. The lowest BCUT2D eigenvalue weighted by molar-refractivity contribution is -0.130. The fourth-order valence-corrected chi connectivity index (χ4v) is 4.29. The molecule has 0 aliphatic carbocycles. The normalized spacial score (nSPS) is 15.5. The van der Waals surface area contributed by atoms with E-state index in [2.05, 4.69) is 18.2 Å². The van der Waals surface area contributed by atoms with Crippen molar-refractivity contribution in [2.24, 2.45) is 0 Å². The molecule has 4 rings (SSSR count). The first-order chi connectivity index (χ1) is 12.7. The summed E-state index contributed by atoms with van der Waals surface area (Å²) in [7, 11) is 0. The Morgan fingerprint density at radius 1 is 1.08 bits per heavy atom. The fourth-order valence-electron chi connectivity index (χ4n) is 3.34. The largest absolute Gasteiger partial charge is 0.449 e. The van der Waals surface area contributed by atoms with Crippen LogP contribution in [0.5, 0.6) is 0 Å². The maximum absolute atomic E-state index is 12.5. The Morgan fingerprint density at radius 2 is 1.77 bits per heavy atom. The lowest BCUT2D eigenvalue weighted by Gasteiger charge is -2.29. The third-order valence-electron chi connectivity index (χ3n) is 4.77. The van der Waals surface area contributed by atoms with Crippen molar-refractivity contribution < 1.29 is 14.3 Å². The minimum absolute atomic E-state index is 0.0985. The number of carbonyl (C=O) groups is 1. The number of benzene rings is 2. The van der Waals surface area contributed by atoms with E-state index in [1.807, 2.05) is 41.3 Å². The van der Waals surface area contributed by atoms with Crippen LogP contribution in [-0.2, 0) is 4.79 Å². The number of rotatable bonds is 4. The summed E-state index contributed by atoms with van der Waals surface area (Å²) in [5.41, 5.74) is 2.98. The highest BCUT2D eigenvalue weighted by molar-refractivity contribution is 8.00. The monoisotopic (exact) mass is 367 g/mol. The van der Waals surface area contributed by atoms with Crippen molar-refractivity contribution in [2.45, 2.75) is 24.0 Å². The highest BCUT2D eigenvalue weighted by Gasteiger charge is 2.23. The van der Waals surface area contributed by atoms with Crippen molar-refractivity contribution in [3.63, 3.8) is 0 Å². The maximum atomic E-state index is 12.5. The van der Waals surface area contributed by atoms with Gasteiger partial charge in [-0.05, 0) is 24.5 Å². The van der Waals surface area contributed by atoms with E-state index in [1.54, 1.807) is 0 Å². The molecule has 5 heteroatoms. The Labute approximate surface area is 156 Å². The Morgan fingerprint density at radius 3 is 2.54 bits per heavy atom. The Balaban J connectivity index is 1.57. The number of hydrogen-bond acceptors (Lipinski definition) is 4. The molecule has 0 radical (unpaired) electrons. The van der Waals surface area contributed by atoms with Crippen LogP contribution in [0, 0.1) is 0 Å². The zero-order valence-electron chi connectivity index (χ0n) is 14.4. The summed E-state index contributed by atoms with van der Waals surface area (Å²) in [6.07, 6.45) is 1.05. The number of furan rings is 1. The molecule has 3 aromatic rings. The lowest BCUT2D eigenvalue weighted by atomic mass is 10.1. The molecule has 1 aliphatic rings. The Hall–Kier alpha value is -2.24. The van der Waals surface area contributed by atoms with Gasteiger partial charge in [0, 0.05) is 24.0 Å². The number of aliphatic hydroxyl groups is 1. The number of nitrogens with zero attached hydrogens (tertiary/aromatic N) is 1. The summed E-state index contributed by atoms with van der Waals surface area (Å²) < 4.78 is 6.06. The van der Waals surface area contributed by atoms with Crippen LogP contribution in [0.25, 0.3) is 22.1 Å². The number of thioether (sulfide) groups is 1. The second kappa shape index (κ2) is 7.56. The number of fused-ring (bicyclic) bond motifs is 1. The zero-order valence-corrected chi connectivity index (χ0v) is 15.2. The third-order valence-corrected chi connectivity index (χ3v) is 5.71. The van der Waals surface area contributed by atoms with Gasteiger partial charge in [0.25, 0.3) is 0 Å². The molecule has 1 aromatic heterocycles. The van der Waals surface area contributed by atoms with Crippen molar-refractivity contribution in [3.05, 3.63) is 54.6 Å². The first-order valence-electron chi connectivity index (χ1n) is 8.88. The van der Waals surface area contributed by atoms with Gasteiger partial charge in [0.15, 0.2) is 5.09 Å². The predicted octanol–water partition coefficient (Wildman–Crippen LogP) is 4.18. The van der Waals surface area contributed by atoms with Gasteiger partial charge in [0.2, 0.25) is 5.91 Å². The van der Waals surface area contributed by atoms with Crippen LogP contribution < -0.4 is 0 Å². The van der Waals surface area contributed by atoms with Gasteiger partial charge in [-0.3, -0.25) is 4.79 Å². The summed E-state index contributed by atoms with van der Waals surface area (Å²) in [6.45, 7) is 1.26. The van der Waals surface area contributed by atoms with Crippen LogP contribution in [0.2, 0.25) is 0 Å². The number of piperidine rings is 1. The number of hydrogen-bond donors (Lipinski definition) is 1. The van der Waals surface area contributed by atoms with E-state index in [0.29, 0.717) is 31.7 Å². The molecule has 134 valence electrons. The van der Waals surface area contributed by atoms with Crippen molar-refractivity contribution in [3.8, 4) is 11.1 Å². The van der Waals surface area contributed by atoms with Gasteiger partial charge < -0.3 is 14.4 Å². The summed E-state index contributed by atoms with van der Waals surface area (Å²) in [6, 6.07) is 18.1. The standard InChI is InChI=1S/C21H21NO3S/c23-16-10-12-22(13-11-16)19(24)14-26-21-20(15-6-2-1-3-7-15)17-8-4-5-9-18(17)25-21/h1-9,16,23H,10-14H2. The molecule has 0 spiro atoms. The van der Waals surface area contributed by atoms with Gasteiger partial charge in [-0.2, -0.15) is 0 Å². The molecule has 0 atom stereocenters. The second-order valence-corrected chi connectivity index (χ2v) is 7.48. The van der Waals surface area contributed by atoms with Gasteiger partial charge in [-0.25, -0.2) is 0 Å². The number of amides is 1. The van der Waals surface area contributed by atoms with E-state index in [0.717, 1.165) is 27.2 Å². The van der Waals surface area contributed by atoms with Gasteiger partial charge in [0.1, 0.15) is 5.58 Å². The molecule has 1 amide bonds. The lowest BCUT2D eigenvalue weighted by Crippen LogP contribution is -2.40. The maximum Gasteiger partial charge on any atom is 0.233 e. The van der Waals surface area contributed by atoms with Gasteiger partial charge >= 0.3 is 0 Å². The van der Waals surface area contributed by atoms with Crippen molar-refractivity contribution >= 4 is 28.6 Å². The van der Waals surface area contributed by atoms with E-state index >= 15 is 0 Å². The Bertz CT molecular complexity index is 898. The van der Waals surface area contributed by atoms with Crippen LogP contribution in [0.3, 0.4) is 0 Å². The molecular weight excluding hydrogens is 346 g/mol. The molecule has 2 aromatic carbocycles. The molecule has 0 bridgehead atoms. The molecule has 1 N–H and O–H groups in total. The summed E-state index contributed by atoms with van der Waals surface area (Å²) in [5, 5.41) is 11.4. The molecule has 0 saturated carbocycles. The molecular formula is C21H21NO3S. The minimum atomic E-state index is -0.272. The fraction of sp³-hybridized carbons (Fsp3) is 0.286. The van der Waals surface area contributed by atoms with E-state index in [9.17, 15) is 9.90 Å². The van der Waals surface area contributed by atoms with Crippen LogP contribution >= 0.6 is 11.8 Å². The molecule has 4 nitrogen and oxygen atoms in total. The van der Waals surface area contributed by atoms with Crippen molar-refractivity contribution in [1.29, 1.82) is 0 Å². The molecule has 1 saturated heterocycles. The van der Waals surface area contributed by atoms with Gasteiger partial charge in [-0.1, -0.05) is 60.3 Å². The Kier molecular flexibility index (Phi) is 5.00. The average Bonchev–Trinajstić information content (AvgIpc) is 3.05. The van der Waals surface area contributed by atoms with Crippen LogP contribution in [0.15, 0.2) is 64.1 Å². The predicted molar refractivity (Wildman–Crippen MR) is 104 cm³/mol. The topological polar surface area (TPSA) is 53.7 Å². The highest BCUT2D eigenvalue weighted by Crippen LogP contribution is 2.40. The van der Waals surface area contributed by atoms with E-state index < -0.39 is 0 Å². The number of carbonyl (C=O) groups excluding carboxylic acids is 1. The summed E-state index contributed by atoms with van der Waals surface area (Å²) >= 11 is 1.45. The highest BCUT2D eigenvalue weighted by atomic mass is 32.2. The van der Waals surface area contributed by atoms with E-state index in [4.69, 9.17) is 4.42 Å². The molecule has 2 heterocycles. The zero-order chi connectivity index (χ0) is 17.9. The number of aliphatic hydroxyl groups excluding tert-OH is 1. The quantitative estimate of drug-likeness (QED) is 0.703. The summed E-state index contributed by atoms with van der Waals surface area (Å²) in [4.78, 5) is 14.4. The molecule has 1 aliphatic heterocycles. The smallest absolute Gasteiger partial charge is 0.233 e. The SMILES string of the molecule is O=C(CSc1oc2ccccc2c1-c1ccccc1)N1CCC(O)CC1. The second-order valence-electron chi connectivity index (χ2n) is 6.53. The summed E-state index contributed by atoms with van der Waals surface area (Å²) in [5.74, 6) is 0.441. The van der Waals surface area contributed by atoms with Crippen LogP contribution in [0.4, 0.5) is 0 Å². The van der Waals surface area contributed by atoms with Crippen molar-refractivity contribution in [2.75, 3.05) is 18.8 Å². The molecule has 26 heavy (non-hydrogen) atoms. The van der Waals surface area contributed by atoms with Crippen LogP contribution in [-0.4, -0.2) is 40.9 Å². The number of likely N-dealkylation sites (tertiary alicyclic amines) is 1. The third kappa shape index (κ3) is 3.50. The average molecular weight is 367 g/mol. The molecule has 0 unspecified atom stereocenters. The van der Waals surface area contributed by atoms with Crippen LogP contribution in [0.1, 0.15) is 12.8 Å². The van der Waals surface area contributed by atoms with E-state index in [-0.39, 0.29) is 12.0 Å². The van der Waals surface area contributed by atoms with Gasteiger partial charge in [-0.15, -0.1) is 0 Å². The number of para-hydroxylation sites is 1. The van der Waals surface area contributed by atoms with Crippen molar-refractivity contribution in [1.82, 2.24) is 4.90 Å². The van der Waals surface area contributed by atoms with Gasteiger partial charge in [0.05, 0.1) is 11.9 Å². The van der Waals surface area contributed by atoms with E-state index in [1.165, 1.54) is 11.8 Å². The molecule has 1 fully saturated rings. The first-order valence-corrected chi connectivity index (χ1v) is 9.86. The first kappa shape index (κ1) is 17.2.